The van der Waals surface area contributed by atoms with Crippen LogP contribution in [0.25, 0.3) is 5.69 Å². The van der Waals surface area contributed by atoms with Crippen LogP contribution < -0.4 is 5.32 Å². The molecule has 0 saturated heterocycles. The third-order valence-corrected chi connectivity index (χ3v) is 4.24. The quantitative estimate of drug-likeness (QED) is 0.769. The molecule has 1 aliphatic carbocycles. The van der Waals surface area contributed by atoms with Gasteiger partial charge in [-0.1, -0.05) is 24.3 Å². The number of carbonyl (C=O) groups excluding carboxylic acids is 1. The molecule has 2 aromatic heterocycles. The summed E-state index contributed by atoms with van der Waals surface area (Å²) in [7, 11) is 0. The number of aliphatic hydroxyl groups excluding tert-OH is 1. The van der Waals surface area contributed by atoms with E-state index in [0.717, 1.165) is 16.8 Å². The van der Waals surface area contributed by atoms with Gasteiger partial charge in [-0.05, 0) is 29.3 Å². The SMILES string of the molecule is O=C(NC1c2ccccc2CC1O)c1cc(-n2cccn2)ccn1. The molecule has 2 N–H and O–H groups in total. The van der Waals surface area contributed by atoms with E-state index in [0.29, 0.717) is 12.1 Å². The summed E-state index contributed by atoms with van der Waals surface area (Å²) >= 11 is 0. The van der Waals surface area contributed by atoms with E-state index in [4.69, 9.17) is 0 Å². The average Bonchev–Trinajstić information content (AvgIpc) is 3.24. The molecule has 120 valence electrons. The number of pyridine rings is 1. The van der Waals surface area contributed by atoms with Crippen LogP contribution in [-0.2, 0) is 6.42 Å². The number of aromatic nitrogens is 3. The van der Waals surface area contributed by atoms with Crippen LogP contribution in [0.15, 0.2) is 61.1 Å². The number of nitrogens with one attached hydrogen (secondary N) is 1. The van der Waals surface area contributed by atoms with Gasteiger partial charge in [-0.25, -0.2) is 4.68 Å². The maximum absolute atomic E-state index is 12.6. The zero-order valence-corrected chi connectivity index (χ0v) is 12.8. The number of fused-ring (bicyclic) bond motifs is 1. The number of rotatable bonds is 3. The lowest BCUT2D eigenvalue weighted by atomic mass is 10.1. The minimum Gasteiger partial charge on any atom is -0.390 e. The number of hydrogen-bond acceptors (Lipinski definition) is 4. The maximum Gasteiger partial charge on any atom is 0.270 e. The summed E-state index contributed by atoms with van der Waals surface area (Å²) in [6.45, 7) is 0. The second-order valence-corrected chi connectivity index (χ2v) is 5.77. The fraction of sp³-hybridized carbons (Fsp3) is 0.167. The van der Waals surface area contributed by atoms with Gasteiger partial charge in [-0.2, -0.15) is 5.10 Å². The van der Waals surface area contributed by atoms with Crippen LogP contribution in [0.2, 0.25) is 0 Å². The maximum atomic E-state index is 12.6. The Balaban J connectivity index is 1.58. The summed E-state index contributed by atoms with van der Waals surface area (Å²) < 4.78 is 1.66. The molecule has 3 aromatic rings. The van der Waals surface area contributed by atoms with Crippen molar-refractivity contribution >= 4 is 5.91 Å². The molecular formula is C18H16N4O2. The highest BCUT2D eigenvalue weighted by molar-refractivity contribution is 5.93. The van der Waals surface area contributed by atoms with Crippen molar-refractivity contribution in [3.63, 3.8) is 0 Å². The summed E-state index contributed by atoms with van der Waals surface area (Å²) in [4.78, 5) is 16.7. The Bertz CT molecular complexity index is 876. The van der Waals surface area contributed by atoms with Crippen LogP contribution in [0, 0.1) is 0 Å². The van der Waals surface area contributed by atoms with E-state index in [-0.39, 0.29) is 5.91 Å². The van der Waals surface area contributed by atoms with Crippen molar-refractivity contribution in [2.75, 3.05) is 0 Å². The first-order chi connectivity index (χ1) is 11.7. The van der Waals surface area contributed by atoms with Crippen molar-refractivity contribution in [2.24, 2.45) is 0 Å². The Kier molecular flexibility index (Phi) is 3.59. The van der Waals surface area contributed by atoms with Gasteiger partial charge in [0.1, 0.15) is 5.69 Å². The smallest absolute Gasteiger partial charge is 0.270 e. The Labute approximate surface area is 138 Å². The predicted octanol–water partition coefficient (Wildman–Crippen LogP) is 1.66. The third kappa shape index (κ3) is 2.57. The molecule has 1 aliphatic rings. The van der Waals surface area contributed by atoms with Crippen LogP contribution in [0.1, 0.15) is 27.7 Å². The van der Waals surface area contributed by atoms with Gasteiger partial charge in [-0.15, -0.1) is 0 Å². The normalized spacial score (nSPS) is 19.0. The summed E-state index contributed by atoms with van der Waals surface area (Å²) in [6, 6.07) is 12.6. The highest BCUT2D eigenvalue weighted by atomic mass is 16.3. The van der Waals surface area contributed by atoms with Crippen molar-refractivity contribution in [3.05, 3.63) is 77.9 Å². The minimum absolute atomic E-state index is 0.291. The van der Waals surface area contributed by atoms with Gasteiger partial charge in [0.2, 0.25) is 0 Å². The van der Waals surface area contributed by atoms with E-state index >= 15 is 0 Å². The molecule has 2 heterocycles. The lowest BCUT2D eigenvalue weighted by Gasteiger charge is -2.17. The van der Waals surface area contributed by atoms with Crippen LogP contribution in [-0.4, -0.2) is 31.9 Å². The number of benzene rings is 1. The van der Waals surface area contributed by atoms with E-state index in [2.05, 4.69) is 15.4 Å². The number of hydrogen-bond donors (Lipinski definition) is 2. The molecular weight excluding hydrogens is 304 g/mol. The van der Waals surface area contributed by atoms with Gasteiger partial charge >= 0.3 is 0 Å². The van der Waals surface area contributed by atoms with E-state index in [1.165, 1.54) is 0 Å². The van der Waals surface area contributed by atoms with Crippen molar-refractivity contribution in [1.29, 1.82) is 0 Å². The topological polar surface area (TPSA) is 80.0 Å². The molecule has 4 rings (SSSR count). The van der Waals surface area contributed by atoms with E-state index in [1.54, 1.807) is 35.4 Å². The van der Waals surface area contributed by atoms with Gasteiger partial charge in [-0.3, -0.25) is 9.78 Å². The van der Waals surface area contributed by atoms with Crippen LogP contribution >= 0.6 is 0 Å². The first-order valence-electron chi connectivity index (χ1n) is 7.75. The zero-order valence-electron chi connectivity index (χ0n) is 12.8. The number of carbonyl (C=O) groups is 1. The molecule has 0 saturated carbocycles. The Hall–Kier alpha value is -2.99. The zero-order chi connectivity index (χ0) is 16.5. The Morgan fingerprint density at radius 2 is 2.08 bits per heavy atom. The molecule has 1 aromatic carbocycles. The monoisotopic (exact) mass is 320 g/mol. The van der Waals surface area contributed by atoms with Crippen LogP contribution in [0.3, 0.4) is 0 Å². The van der Waals surface area contributed by atoms with Gasteiger partial charge in [0.05, 0.1) is 17.8 Å². The molecule has 0 radical (unpaired) electrons. The highest BCUT2D eigenvalue weighted by Gasteiger charge is 2.32. The Morgan fingerprint density at radius 3 is 2.92 bits per heavy atom. The Morgan fingerprint density at radius 1 is 1.21 bits per heavy atom. The van der Waals surface area contributed by atoms with Crippen molar-refractivity contribution in [2.45, 2.75) is 18.6 Å². The second-order valence-electron chi connectivity index (χ2n) is 5.77. The van der Waals surface area contributed by atoms with E-state index < -0.39 is 12.1 Å². The van der Waals surface area contributed by atoms with Gasteiger partial charge < -0.3 is 10.4 Å². The number of nitrogens with zero attached hydrogens (tertiary/aromatic N) is 3. The molecule has 0 fully saturated rings. The van der Waals surface area contributed by atoms with Crippen LogP contribution in [0.4, 0.5) is 0 Å². The molecule has 2 atom stereocenters. The average molecular weight is 320 g/mol. The lowest BCUT2D eigenvalue weighted by Crippen LogP contribution is -2.34. The number of aliphatic hydroxyl groups is 1. The van der Waals surface area contributed by atoms with Crippen molar-refractivity contribution < 1.29 is 9.90 Å². The van der Waals surface area contributed by atoms with Gasteiger partial charge in [0.15, 0.2) is 0 Å². The van der Waals surface area contributed by atoms with Gasteiger partial charge in [0.25, 0.3) is 5.91 Å². The lowest BCUT2D eigenvalue weighted by molar-refractivity contribution is 0.0853. The molecule has 0 aliphatic heterocycles. The van der Waals surface area contributed by atoms with E-state index in [1.807, 2.05) is 30.3 Å². The largest absolute Gasteiger partial charge is 0.390 e. The first kappa shape index (κ1) is 14.6. The molecule has 0 spiro atoms. The van der Waals surface area contributed by atoms with Crippen molar-refractivity contribution in [3.8, 4) is 5.69 Å². The fourth-order valence-corrected chi connectivity index (χ4v) is 3.07. The first-order valence-corrected chi connectivity index (χ1v) is 7.75. The molecule has 6 nitrogen and oxygen atoms in total. The van der Waals surface area contributed by atoms with Crippen molar-refractivity contribution in [1.82, 2.24) is 20.1 Å². The summed E-state index contributed by atoms with van der Waals surface area (Å²) in [6.07, 6.45) is 4.97. The summed E-state index contributed by atoms with van der Waals surface area (Å²) in [5.74, 6) is -0.315. The molecule has 0 bridgehead atoms. The highest BCUT2D eigenvalue weighted by Crippen LogP contribution is 2.31. The molecule has 6 heteroatoms. The predicted molar refractivity (Wildman–Crippen MR) is 87.7 cm³/mol. The summed E-state index contributed by atoms with van der Waals surface area (Å²) in [5, 5.41) is 17.3. The van der Waals surface area contributed by atoms with Gasteiger partial charge in [0, 0.05) is 25.0 Å². The number of amides is 1. The standard InChI is InChI=1S/C18H16N4O2/c23-16-10-12-4-1-2-5-14(12)17(16)21-18(24)15-11-13(6-8-19-15)22-9-3-7-20-22/h1-9,11,16-17,23H,10H2,(H,21,24). The van der Waals surface area contributed by atoms with E-state index in [9.17, 15) is 9.90 Å². The van der Waals surface area contributed by atoms with Crippen LogP contribution in [0.5, 0.6) is 0 Å². The fourth-order valence-electron chi connectivity index (χ4n) is 3.07. The minimum atomic E-state index is -0.624. The summed E-state index contributed by atoms with van der Waals surface area (Å²) in [5.41, 5.74) is 3.07. The second kappa shape index (κ2) is 5.90. The third-order valence-electron chi connectivity index (χ3n) is 4.24. The molecule has 1 amide bonds. The molecule has 2 unspecified atom stereocenters. The molecule has 24 heavy (non-hydrogen) atoms.